The molecule has 0 heterocycles. The Hall–Kier alpha value is -3.35. The van der Waals surface area contributed by atoms with Crippen LogP contribution in [-0.4, -0.2) is 42.3 Å². The second kappa shape index (κ2) is 11.2. The molecule has 182 valence electrons. The minimum atomic E-state index is -0.956. The van der Waals surface area contributed by atoms with Gasteiger partial charge in [-0.05, 0) is 41.5 Å². The summed E-state index contributed by atoms with van der Waals surface area (Å²) in [4.78, 5) is 36.7. The van der Waals surface area contributed by atoms with E-state index in [0.29, 0.717) is 19.3 Å². The maximum absolute atomic E-state index is 13.0. The standard InChI is InChI=1S/C27H34N2O5/c1-4-18(15-24(30)31)29-25(32)27(5-2,6-3)17-28-26(33)34-16-23-21-13-9-7-11-19(21)20-12-8-10-14-22(20)23/h7-14,18,23H,4-6,15-17H2,1-3H3,(H,28,33)(H,29,32)(H,30,31). The lowest BCUT2D eigenvalue weighted by Gasteiger charge is -2.32. The zero-order chi connectivity index (χ0) is 24.7. The smallest absolute Gasteiger partial charge is 0.407 e. The highest BCUT2D eigenvalue weighted by atomic mass is 16.5. The zero-order valence-electron chi connectivity index (χ0n) is 20.1. The van der Waals surface area contributed by atoms with Gasteiger partial charge in [0.1, 0.15) is 6.61 Å². The number of carbonyl (C=O) groups is 3. The second-order valence-corrected chi connectivity index (χ2v) is 8.84. The first kappa shape index (κ1) is 25.3. The van der Waals surface area contributed by atoms with Gasteiger partial charge < -0.3 is 20.5 Å². The van der Waals surface area contributed by atoms with Gasteiger partial charge in [0.2, 0.25) is 5.91 Å². The molecule has 2 aromatic rings. The van der Waals surface area contributed by atoms with Crippen LogP contribution in [0.4, 0.5) is 4.79 Å². The van der Waals surface area contributed by atoms with E-state index in [1.54, 1.807) is 0 Å². The first-order valence-electron chi connectivity index (χ1n) is 12.0. The van der Waals surface area contributed by atoms with Crippen LogP contribution < -0.4 is 10.6 Å². The number of ether oxygens (including phenoxy) is 1. The fraction of sp³-hybridized carbons (Fsp3) is 0.444. The van der Waals surface area contributed by atoms with Crippen LogP contribution >= 0.6 is 0 Å². The molecule has 7 heteroatoms. The molecule has 0 saturated heterocycles. The summed E-state index contributed by atoms with van der Waals surface area (Å²) in [6.45, 7) is 5.93. The molecular weight excluding hydrogens is 432 g/mol. The predicted octanol–water partition coefficient (Wildman–Crippen LogP) is 4.70. The summed E-state index contributed by atoms with van der Waals surface area (Å²) in [6, 6.07) is 15.8. The number of carboxylic acid groups (broad SMARTS) is 1. The molecule has 0 spiro atoms. The van der Waals surface area contributed by atoms with E-state index in [9.17, 15) is 14.4 Å². The summed E-state index contributed by atoms with van der Waals surface area (Å²) in [7, 11) is 0. The van der Waals surface area contributed by atoms with E-state index in [0.717, 1.165) is 22.3 Å². The molecule has 34 heavy (non-hydrogen) atoms. The summed E-state index contributed by atoms with van der Waals surface area (Å²) in [6.07, 6.45) is 0.816. The van der Waals surface area contributed by atoms with Crippen molar-refractivity contribution in [2.24, 2.45) is 5.41 Å². The van der Waals surface area contributed by atoms with Gasteiger partial charge in [-0.1, -0.05) is 69.3 Å². The summed E-state index contributed by atoms with van der Waals surface area (Å²) in [5, 5.41) is 14.7. The van der Waals surface area contributed by atoms with Crippen LogP contribution in [0.1, 0.15) is 63.5 Å². The number of hydrogen-bond donors (Lipinski definition) is 3. The summed E-state index contributed by atoms with van der Waals surface area (Å²) in [5.74, 6) is -1.24. The molecule has 0 aromatic heterocycles. The fourth-order valence-electron chi connectivity index (χ4n) is 4.64. The lowest BCUT2D eigenvalue weighted by Crippen LogP contribution is -2.51. The van der Waals surface area contributed by atoms with E-state index in [1.165, 1.54) is 0 Å². The molecule has 1 atom stereocenters. The number of nitrogens with one attached hydrogen (secondary N) is 2. The van der Waals surface area contributed by atoms with Gasteiger partial charge >= 0.3 is 12.1 Å². The number of rotatable bonds is 11. The number of amides is 2. The average molecular weight is 467 g/mol. The van der Waals surface area contributed by atoms with Crippen LogP contribution in [0.15, 0.2) is 48.5 Å². The lowest BCUT2D eigenvalue weighted by molar-refractivity contribution is -0.138. The highest BCUT2D eigenvalue weighted by Crippen LogP contribution is 2.44. The number of carboxylic acids is 1. The van der Waals surface area contributed by atoms with Gasteiger partial charge in [0.05, 0.1) is 11.8 Å². The van der Waals surface area contributed by atoms with Crippen molar-refractivity contribution in [2.75, 3.05) is 13.2 Å². The third-order valence-corrected chi connectivity index (χ3v) is 7.00. The third-order valence-electron chi connectivity index (χ3n) is 7.00. The quantitative estimate of drug-likeness (QED) is 0.445. The molecule has 0 aliphatic heterocycles. The molecule has 0 saturated carbocycles. The van der Waals surface area contributed by atoms with Crippen molar-refractivity contribution in [3.05, 3.63) is 59.7 Å². The van der Waals surface area contributed by atoms with Crippen LogP contribution in [0.5, 0.6) is 0 Å². The molecule has 7 nitrogen and oxygen atoms in total. The summed E-state index contributed by atoms with van der Waals surface area (Å²) in [5.41, 5.74) is 3.75. The first-order valence-corrected chi connectivity index (χ1v) is 12.0. The Bertz CT molecular complexity index is 986. The van der Waals surface area contributed by atoms with Crippen molar-refractivity contribution >= 4 is 18.0 Å². The largest absolute Gasteiger partial charge is 0.481 e. The monoisotopic (exact) mass is 466 g/mol. The Labute approximate surface area is 200 Å². The number of hydrogen-bond acceptors (Lipinski definition) is 4. The van der Waals surface area contributed by atoms with Gasteiger partial charge in [-0.2, -0.15) is 0 Å². The summed E-state index contributed by atoms with van der Waals surface area (Å²) >= 11 is 0. The van der Waals surface area contributed by atoms with Crippen LogP contribution in [-0.2, 0) is 14.3 Å². The zero-order valence-corrected chi connectivity index (χ0v) is 20.1. The molecule has 2 aromatic carbocycles. The van der Waals surface area contributed by atoms with E-state index >= 15 is 0 Å². The Morgan fingerprint density at radius 3 is 2.03 bits per heavy atom. The Balaban J connectivity index is 1.62. The number of aliphatic carboxylic acids is 1. The molecule has 1 unspecified atom stereocenters. The Morgan fingerprint density at radius 2 is 1.53 bits per heavy atom. The maximum atomic E-state index is 13.0. The van der Waals surface area contributed by atoms with Crippen LogP contribution in [0.3, 0.4) is 0 Å². The van der Waals surface area contributed by atoms with Crippen molar-refractivity contribution in [1.82, 2.24) is 10.6 Å². The van der Waals surface area contributed by atoms with Gasteiger partial charge in [0.25, 0.3) is 0 Å². The van der Waals surface area contributed by atoms with Crippen molar-refractivity contribution in [3.8, 4) is 11.1 Å². The van der Waals surface area contributed by atoms with E-state index in [4.69, 9.17) is 9.84 Å². The van der Waals surface area contributed by atoms with Gasteiger partial charge in [-0.15, -0.1) is 0 Å². The van der Waals surface area contributed by atoms with Crippen LogP contribution in [0, 0.1) is 5.41 Å². The molecule has 2 amide bonds. The van der Waals surface area contributed by atoms with Crippen molar-refractivity contribution in [1.29, 1.82) is 0 Å². The van der Waals surface area contributed by atoms with Crippen LogP contribution in [0.25, 0.3) is 11.1 Å². The molecule has 3 rings (SSSR count). The van der Waals surface area contributed by atoms with E-state index in [-0.39, 0.29) is 31.4 Å². The van der Waals surface area contributed by atoms with Gasteiger partial charge in [0.15, 0.2) is 0 Å². The fourth-order valence-corrected chi connectivity index (χ4v) is 4.64. The van der Waals surface area contributed by atoms with Crippen LogP contribution in [0.2, 0.25) is 0 Å². The molecule has 0 radical (unpaired) electrons. The molecular formula is C27H34N2O5. The van der Waals surface area contributed by atoms with Crippen molar-refractivity contribution < 1.29 is 24.2 Å². The second-order valence-electron chi connectivity index (χ2n) is 8.84. The number of alkyl carbamates (subject to hydrolysis) is 1. The normalized spacial score (nSPS) is 13.5. The number of carbonyl (C=O) groups excluding carboxylic acids is 2. The van der Waals surface area contributed by atoms with Gasteiger partial charge in [-0.3, -0.25) is 9.59 Å². The first-order chi connectivity index (χ1) is 16.3. The highest BCUT2D eigenvalue weighted by molar-refractivity contribution is 5.84. The number of fused-ring (bicyclic) bond motifs is 3. The summed E-state index contributed by atoms with van der Waals surface area (Å²) < 4.78 is 5.60. The molecule has 0 fully saturated rings. The number of benzene rings is 2. The Morgan fingerprint density at radius 1 is 0.971 bits per heavy atom. The topological polar surface area (TPSA) is 105 Å². The van der Waals surface area contributed by atoms with Gasteiger partial charge in [-0.25, -0.2) is 4.79 Å². The maximum Gasteiger partial charge on any atom is 0.407 e. The van der Waals surface area contributed by atoms with Crippen molar-refractivity contribution in [3.63, 3.8) is 0 Å². The van der Waals surface area contributed by atoms with Crippen molar-refractivity contribution in [2.45, 2.75) is 58.4 Å². The third kappa shape index (κ3) is 5.41. The van der Waals surface area contributed by atoms with Gasteiger partial charge in [0, 0.05) is 18.5 Å². The van der Waals surface area contributed by atoms with E-state index < -0.39 is 23.5 Å². The molecule has 1 aliphatic rings. The van der Waals surface area contributed by atoms with E-state index in [1.807, 2.05) is 45.0 Å². The average Bonchev–Trinajstić information content (AvgIpc) is 3.16. The van der Waals surface area contributed by atoms with E-state index in [2.05, 4.69) is 34.9 Å². The minimum absolute atomic E-state index is 0.0371. The predicted molar refractivity (Wildman–Crippen MR) is 131 cm³/mol. The highest BCUT2D eigenvalue weighted by Gasteiger charge is 2.37. The minimum Gasteiger partial charge on any atom is -0.481 e. The molecule has 3 N–H and O–H groups in total. The Kier molecular flexibility index (Phi) is 8.31. The molecule has 1 aliphatic carbocycles. The SMILES string of the molecule is CCC(CC(=O)O)NC(=O)C(CC)(CC)CNC(=O)OCC1c2ccccc2-c2ccccc21. The molecule has 0 bridgehead atoms. The lowest BCUT2D eigenvalue weighted by atomic mass is 9.81.